The monoisotopic (exact) mass is 284 g/mol. The molecule has 2 aromatic carbocycles. The maximum atomic E-state index is 13.8. The number of hydrogen-bond donors (Lipinski definition) is 2. The van der Waals surface area contributed by atoms with Crippen molar-refractivity contribution in [2.45, 2.75) is 19.9 Å². The SMILES string of the molecule is Cc1ccc(C(=O)Nc2ccc3c(c2)CNCC3)c(F)c1. The van der Waals surface area contributed by atoms with Crippen LogP contribution in [0, 0.1) is 12.7 Å². The molecule has 0 bridgehead atoms. The zero-order chi connectivity index (χ0) is 14.8. The summed E-state index contributed by atoms with van der Waals surface area (Å²) in [6.45, 7) is 3.58. The summed E-state index contributed by atoms with van der Waals surface area (Å²) in [5, 5.41) is 6.06. The quantitative estimate of drug-likeness (QED) is 0.890. The number of aryl methyl sites for hydroxylation is 1. The Bertz CT molecular complexity index is 697. The van der Waals surface area contributed by atoms with Gasteiger partial charge in [-0.3, -0.25) is 4.79 Å². The molecule has 0 spiro atoms. The lowest BCUT2D eigenvalue weighted by atomic mass is 10.0. The molecule has 21 heavy (non-hydrogen) atoms. The van der Waals surface area contributed by atoms with Gasteiger partial charge in [0, 0.05) is 12.2 Å². The molecule has 108 valence electrons. The van der Waals surface area contributed by atoms with Crippen molar-refractivity contribution in [1.29, 1.82) is 0 Å². The predicted molar refractivity (Wildman–Crippen MR) is 80.9 cm³/mol. The van der Waals surface area contributed by atoms with E-state index in [2.05, 4.69) is 10.6 Å². The average molecular weight is 284 g/mol. The Morgan fingerprint density at radius 1 is 1.19 bits per heavy atom. The van der Waals surface area contributed by atoms with Gasteiger partial charge in [-0.15, -0.1) is 0 Å². The summed E-state index contributed by atoms with van der Waals surface area (Å²) in [4.78, 5) is 12.1. The van der Waals surface area contributed by atoms with Crippen LogP contribution in [0.15, 0.2) is 36.4 Å². The summed E-state index contributed by atoms with van der Waals surface area (Å²) >= 11 is 0. The van der Waals surface area contributed by atoms with Crippen LogP contribution < -0.4 is 10.6 Å². The van der Waals surface area contributed by atoms with Gasteiger partial charge >= 0.3 is 0 Å². The van der Waals surface area contributed by atoms with Crippen molar-refractivity contribution >= 4 is 11.6 Å². The predicted octanol–water partition coefficient (Wildman–Crippen LogP) is 3.03. The fourth-order valence-electron chi connectivity index (χ4n) is 2.56. The Morgan fingerprint density at radius 2 is 2.05 bits per heavy atom. The van der Waals surface area contributed by atoms with Gasteiger partial charge in [0.15, 0.2) is 0 Å². The van der Waals surface area contributed by atoms with E-state index < -0.39 is 11.7 Å². The van der Waals surface area contributed by atoms with Gasteiger partial charge < -0.3 is 10.6 Å². The van der Waals surface area contributed by atoms with Crippen molar-refractivity contribution in [3.8, 4) is 0 Å². The second-order valence-electron chi connectivity index (χ2n) is 5.35. The smallest absolute Gasteiger partial charge is 0.258 e. The molecule has 0 radical (unpaired) electrons. The topological polar surface area (TPSA) is 41.1 Å². The third-order valence-electron chi connectivity index (χ3n) is 3.72. The molecule has 1 heterocycles. The number of nitrogens with one attached hydrogen (secondary N) is 2. The number of rotatable bonds is 2. The molecule has 0 saturated heterocycles. The van der Waals surface area contributed by atoms with E-state index in [1.54, 1.807) is 13.0 Å². The van der Waals surface area contributed by atoms with Gasteiger partial charge in [-0.1, -0.05) is 12.1 Å². The second-order valence-corrected chi connectivity index (χ2v) is 5.35. The van der Waals surface area contributed by atoms with Gasteiger partial charge in [0.05, 0.1) is 5.56 Å². The minimum atomic E-state index is -0.493. The highest BCUT2D eigenvalue weighted by atomic mass is 19.1. The lowest BCUT2D eigenvalue weighted by Crippen LogP contribution is -2.23. The summed E-state index contributed by atoms with van der Waals surface area (Å²) < 4.78 is 13.8. The number of anilines is 1. The molecule has 4 heteroatoms. The number of amides is 1. The summed E-state index contributed by atoms with van der Waals surface area (Å²) in [5.74, 6) is -0.914. The molecule has 0 atom stereocenters. The van der Waals surface area contributed by atoms with Crippen LogP contribution in [0.1, 0.15) is 27.0 Å². The highest BCUT2D eigenvalue weighted by molar-refractivity contribution is 6.04. The third kappa shape index (κ3) is 2.95. The normalized spacial score (nSPS) is 13.6. The summed E-state index contributed by atoms with van der Waals surface area (Å²) in [6.07, 6.45) is 0.996. The molecular formula is C17H17FN2O. The van der Waals surface area contributed by atoms with Crippen LogP contribution in [0.25, 0.3) is 0 Å². The number of fused-ring (bicyclic) bond motifs is 1. The van der Waals surface area contributed by atoms with Crippen molar-refractivity contribution in [2.75, 3.05) is 11.9 Å². The first-order valence-electron chi connectivity index (χ1n) is 7.03. The molecule has 2 aromatic rings. The lowest BCUT2D eigenvalue weighted by Gasteiger charge is -2.18. The fourth-order valence-corrected chi connectivity index (χ4v) is 2.56. The Kier molecular flexibility index (Phi) is 3.71. The molecule has 0 aromatic heterocycles. The Balaban J connectivity index is 1.81. The first-order valence-corrected chi connectivity index (χ1v) is 7.03. The molecule has 0 fully saturated rings. The Labute approximate surface area is 123 Å². The molecule has 0 saturated carbocycles. The van der Waals surface area contributed by atoms with Crippen molar-refractivity contribution in [2.24, 2.45) is 0 Å². The van der Waals surface area contributed by atoms with E-state index in [0.717, 1.165) is 25.1 Å². The molecule has 1 aliphatic rings. The highest BCUT2D eigenvalue weighted by Crippen LogP contribution is 2.20. The van der Waals surface area contributed by atoms with Gasteiger partial charge in [-0.25, -0.2) is 4.39 Å². The number of halogens is 1. The fraction of sp³-hybridized carbons (Fsp3) is 0.235. The molecule has 3 rings (SSSR count). The second kappa shape index (κ2) is 5.66. The van der Waals surface area contributed by atoms with Crippen LogP contribution >= 0.6 is 0 Å². The van der Waals surface area contributed by atoms with Crippen molar-refractivity contribution in [1.82, 2.24) is 5.32 Å². The highest BCUT2D eigenvalue weighted by Gasteiger charge is 2.14. The molecule has 3 nitrogen and oxygen atoms in total. The average Bonchev–Trinajstić information content (AvgIpc) is 2.47. The minimum Gasteiger partial charge on any atom is -0.322 e. The third-order valence-corrected chi connectivity index (χ3v) is 3.72. The van der Waals surface area contributed by atoms with E-state index in [1.165, 1.54) is 23.3 Å². The maximum Gasteiger partial charge on any atom is 0.258 e. The molecular weight excluding hydrogens is 267 g/mol. The van der Waals surface area contributed by atoms with Gasteiger partial charge in [-0.05, 0) is 60.8 Å². The minimum absolute atomic E-state index is 0.0662. The first kappa shape index (κ1) is 13.8. The molecule has 1 amide bonds. The molecule has 0 aliphatic carbocycles. The largest absolute Gasteiger partial charge is 0.322 e. The van der Waals surface area contributed by atoms with Gasteiger partial charge in [0.25, 0.3) is 5.91 Å². The van der Waals surface area contributed by atoms with E-state index in [9.17, 15) is 9.18 Å². The van der Waals surface area contributed by atoms with E-state index in [4.69, 9.17) is 0 Å². The molecule has 1 aliphatic heterocycles. The van der Waals surface area contributed by atoms with Crippen molar-refractivity contribution in [3.63, 3.8) is 0 Å². The molecule has 2 N–H and O–H groups in total. The first-order chi connectivity index (χ1) is 10.1. The van der Waals surface area contributed by atoms with Crippen LogP contribution in [0.3, 0.4) is 0 Å². The summed E-state index contributed by atoms with van der Waals surface area (Å²) in [7, 11) is 0. The van der Waals surface area contributed by atoms with Crippen molar-refractivity contribution < 1.29 is 9.18 Å². The van der Waals surface area contributed by atoms with Gasteiger partial charge in [0.2, 0.25) is 0 Å². The lowest BCUT2D eigenvalue weighted by molar-refractivity contribution is 0.102. The number of hydrogen-bond acceptors (Lipinski definition) is 2. The van der Waals surface area contributed by atoms with Crippen LogP contribution in [-0.4, -0.2) is 12.5 Å². The maximum absolute atomic E-state index is 13.8. The molecule has 0 unspecified atom stereocenters. The standard InChI is InChI=1S/C17H17FN2O/c1-11-2-5-15(16(18)8-11)17(21)20-14-4-3-12-6-7-19-10-13(12)9-14/h2-5,8-9,19H,6-7,10H2,1H3,(H,20,21). The number of carbonyl (C=O) groups excluding carboxylic acids is 1. The van der Waals surface area contributed by atoms with Gasteiger partial charge in [0.1, 0.15) is 5.82 Å². The van der Waals surface area contributed by atoms with Gasteiger partial charge in [-0.2, -0.15) is 0 Å². The Hall–Kier alpha value is -2.20. The number of benzene rings is 2. The van der Waals surface area contributed by atoms with E-state index in [-0.39, 0.29) is 5.56 Å². The van der Waals surface area contributed by atoms with Crippen LogP contribution in [0.5, 0.6) is 0 Å². The van der Waals surface area contributed by atoms with E-state index >= 15 is 0 Å². The summed E-state index contributed by atoms with van der Waals surface area (Å²) in [5.41, 5.74) is 4.04. The zero-order valence-corrected chi connectivity index (χ0v) is 11.9. The summed E-state index contributed by atoms with van der Waals surface area (Å²) in [6, 6.07) is 10.5. The van der Waals surface area contributed by atoms with Crippen molar-refractivity contribution in [3.05, 3.63) is 64.5 Å². The Morgan fingerprint density at radius 3 is 2.86 bits per heavy atom. The zero-order valence-electron chi connectivity index (χ0n) is 11.9. The van der Waals surface area contributed by atoms with Crippen LogP contribution in [-0.2, 0) is 13.0 Å². The number of carbonyl (C=O) groups is 1. The van der Waals surface area contributed by atoms with E-state index in [0.29, 0.717) is 5.69 Å². The van der Waals surface area contributed by atoms with Crippen LogP contribution in [0.2, 0.25) is 0 Å². The van der Waals surface area contributed by atoms with E-state index in [1.807, 2.05) is 18.2 Å². The van der Waals surface area contributed by atoms with Crippen LogP contribution in [0.4, 0.5) is 10.1 Å².